The third-order valence-electron chi connectivity index (χ3n) is 7.97. The number of halogens is 2. The molecule has 2 aliphatic rings. The summed E-state index contributed by atoms with van der Waals surface area (Å²) in [6, 6.07) is 7.65. The fraction of sp³-hybridized carbons (Fsp3) is 0.464. The van der Waals surface area contributed by atoms with Gasteiger partial charge in [-0.3, -0.25) is 4.79 Å². The van der Waals surface area contributed by atoms with Gasteiger partial charge in [-0.1, -0.05) is 12.1 Å². The van der Waals surface area contributed by atoms with E-state index in [0.717, 1.165) is 28.0 Å². The van der Waals surface area contributed by atoms with Crippen LogP contribution in [0.5, 0.6) is 0 Å². The minimum Gasteiger partial charge on any atom is -0.481 e. The van der Waals surface area contributed by atoms with Gasteiger partial charge in [-0.2, -0.15) is 0 Å². The number of rotatable bonds is 5. The van der Waals surface area contributed by atoms with E-state index in [1.54, 1.807) is 4.90 Å². The Morgan fingerprint density at radius 1 is 1.14 bits per heavy atom. The van der Waals surface area contributed by atoms with Crippen LogP contribution in [0.25, 0.3) is 11.0 Å². The van der Waals surface area contributed by atoms with Gasteiger partial charge >= 0.3 is 12.1 Å². The topological polar surface area (TPSA) is 84.7 Å². The lowest BCUT2D eigenvalue weighted by atomic mass is 9.81. The number of carboxylic acid groups (broad SMARTS) is 1. The molecule has 3 aromatic rings. The van der Waals surface area contributed by atoms with E-state index in [4.69, 9.17) is 9.72 Å². The van der Waals surface area contributed by atoms with Crippen LogP contribution in [0.2, 0.25) is 0 Å². The lowest BCUT2D eigenvalue weighted by Crippen LogP contribution is -2.35. The van der Waals surface area contributed by atoms with E-state index < -0.39 is 23.7 Å². The fourth-order valence-electron chi connectivity index (χ4n) is 5.96. The zero-order valence-electron chi connectivity index (χ0n) is 21.0. The monoisotopic (exact) mass is 511 g/mol. The molecule has 0 saturated heterocycles. The van der Waals surface area contributed by atoms with Gasteiger partial charge in [-0.15, -0.1) is 0 Å². The number of benzene rings is 2. The first-order valence-electron chi connectivity index (χ1n) is 12.8. The summed E-state index contributed by atoms with van der Waals surface area (Å²) in [5.41, 5.74) is 3.74. The lowest BCUT2D eigenvalue weighted by molar-refractivity contribution is -0.142. The Morgan fingerprint density at radius 2 is 1.84 bits per heavy atom. The van der Waals surface area contributed by atoms with Crippen molar-refractivity contribution in [3.8, 4) is 0 Å². The number of carbonyl (C=O) groups excluding carboxylic acids is 1. The van der Waals surface area contributed by atoms with Crippen molar-refractivity contribution < 1.29 is 28.2 Å². The number of imidazole rings is 1. The molecule has 0 bridgehead atoms. The maximum absolute atomic E-state index is 14.5. The molecule has 0 radical (unpaired) electrons. The van der Waals surface area contributed by atoms with E-state index in [9.17, 15) is 23.5 Å². The van der Waals surface area contributed by atoms with Crippen molar-refractivity contribution in [3.63, 3.8) is 0 Å². The van der Waals surface area contributed by atoms with Crippen molar-refractivity contribution in [2.75, 3.05) is 13.7 Å². The highest BCUT2D eigenvalue weighted by Crippen LogP contribution is 2.40. The molecule has 196 valence electrons. The molecule has 1 atom stereocenters. The summed E-state index contributed by atoms with van der Waals surface area (Å²) in [5, 5.41) is 9.46. The van der Waals surface area contributed by atoms with Gasteiger partial charge in [0.25, 0.3) is 0 Å². The highest BCUT2D eigenvalue weighted by atomic mass is 19.1. The molecule has 2 aromatic carbocycles. The summed E-state index contributed by atoms with van der Waals surface area (Å²) in [6.07, 6.45) is 2.92. The largest absolute Gasteiger partial charge is 0.481 e. The second-order valence-electron chi connectivity index (χ2n) is 10.2. The van der Waals surface area contributed by atoms with Gasteiger partial charge in [0.15, 0.2) is 0 Å². The molecule has 1 aliphatic heterocycles. The first-order valence-corrected chi connectivity index (χ1v) is 12.8. The minimum atomic E-state index is -0.771. The molecular formula is C28H31F2N3O4. The summed E-state index contributed by atoms with van der Waals surface area (Å²) in [5.74, 6) is -1.44. The third-order valence-corrected chi connectivity index (χ3v) is 7.97. The van der Waals surface area contributed by atoms with E-state index in [2.05, 4.69) is 4.57 Å². The Hall–Kier alpha value is -3.49. The molecule has 1 amide bonds. The van der Waals surface area contributed by atoms with Gasteiger partial charge in [0, 0.05) is 29.6 Å². The van der Waals surface area contributed by atoms with Gasteiger partial charge in [0.05, 0.1) is 30.6 Å². The Morgan fingerprint density at radius 3 is 2.49 bits per heavy atom. The van der Waals surface area contributed by atoms with Crippen molar-refractivity contribution in [2.45, 2.75) is 64.0 Å². The number of carbonyl (C=O) groups is 2. The molecule has 5 rings (SSSR count). The molecule has 0 unspecified atom stereocenters. The van der Waals surface area contributed by atoms with Crippen molar-refractivity contribution in [2.24, 2.45) is 5.92 Å². The first-order chi connectivity index (χ1) is 17.8. The second-order valence-corrected chi connectivity index (χ2v) is 10.2. The maximum atomic E-state index is 14.5. The number of hydrogen-bond donors (Lipinski definition) is 1. The van der Waals surface area contributed by atoms with Crippen LogP contribution >= 0.6 is 0 Å². The molecular weight excluding hydrogens is 480 g/mol. The summed E-state index contributed by atoms with van der Waals surface area (Å²) < 4.78 is 36.1. The number of amides is 1. The zero-order chi connectivity index (χ0) is 26.3. The molecule has 0 spiro atoms. The Bertz CT molecular complexity index is 1330. The number of ether oxygens (including phenoxy) is 1. The summed E-state index contributed by atoms with van der Waals surface area (Å²) in [6.45, 7) is 2.86. The molecule has 7 nitrogen and oxygen atoms in total. The van der Waals surface area contributed by atoms with Crippen molar-refractivity contribution in [3.05, 3.63) is 64.5 Å². The van der Waals surface area contributed by atoms with Crippen LogP contribution in [0.1, 0.15) is 67.1 Å². The molecule has 1 fully saturated rings. The standard InChI is InChI=1S/C28H31F2N3O4/c1-16(14-20-22(29)4-3-5-23(20)30)33-24-11-10-17-12-13-32(28(36)37-2)15-21(17)25(24)31-26(33)18-6-8-19(9-7-18)27(34)35/h3-5,10-11,16,18-19H,6-9,12-15H2,1-2H3,(H,34,35)/t16-,18-,19-/m0/s1. The normalized spacial score (nSPS) is 20.5. The van der Waals surface area contributed by atoms with Gasteiger partial charge in [0.2, 0.25) is 0 Å². The predicted octanol–water partition coefficient (Wildman–Crippen LogP) is 5.60. The number of methoxy groups -OCH3 is 1. The van der Waals surface area contributed by atoms with Crippen LogP contribution < -0.4 is 0 Å². The van der Waals surface area contributed by atoms with Gasteiger partial charge in [-0.05, 0) is 69.2 Å². The first kappa shape index (κ1) is 25.2. The molecule has 1 aromatic heterocycles. The smallest absolute Gasteiger partial charge is 0.409 e. The quantitative estimate of drug-likeness (QED) is 0.482. The minimum absolute atomic E-state index is 0.0341. The van der Waals surface area contributed by atoms with Gasteiger partial charge in [-0.25, -0.2) is 18.6 Å². The average molecular weight is 512 g/mol. The maximum Gasteiger partial charge on any atom is 0.409 e. The predicted molar refractivity (Wildman–Crippen MR) is 133 cm³/mol. The number of aliphatic carboxylic acids is 1. The molecule has 1 aliphatic carbocycles. The third kappa shape index (κ3) is 4.67. The zero-order valence-corrected chi connectivity index (χ0v) is 21.0. The SMILES string of the molecule is COC(=O)N1CCc2ccc3c(nc([C@H]4CC[C@H](C(=O)O)CC4)n3[C@@H](C)Cc3c(F)cccc3F)c2C1. The average Bonchev–Trinajstić information content (AvgIpc) is 3.30. The van der Waals surface area contributed by atoms with Crippen LogP contribution in [0.3, 0.4) is 0 Å². The summed E-state index contributed by atoms with van der Waals surface area (Å²) in [4.78, 5) is 30.5. The summed E-state index contributed by atoms with van der Waals surface area (Å²) >= 11 is 0. The second kappa shape index (κ2) is 10.1. The lowest BCUT2D eigenvalue weighted by Gasteiger charge is -2.28. The number of hydrogen-bond acceptors (Lipinski definition) is 4. The highest BCUT2D eigenvalue weighted by molar-refractivity contribution is 5.82. The Labute approximate surface area is 214 Å². The Balaban J connectivity index is 1.59. The molecule has 1 saturated carbocycles. The van der Waals surface area contributed by atoms with E-state index in [0.29, 0.717) is 45.2 Å². The molecule has 1 N–H and O–H groups in total. The van der Waals surface area contributed by atoms with Crippen LogP contribution in [-0.2, 0) is 28.9 Å². The fourth-order valence-corrected chi connectivity index (χ4v) is 5.96. The van der Waals surface area contributed by atoms with Gasteiger partial charge < -0.3 is 19.3 Å². The van der Waals surface area contributed by atoms with Gasteiger partial charge in [0.1, 0.15) is 17.5 Å². The van der Waals surface area contributed by atoms with Crippen LogP contribution in [0.4, 0.5) is 13.6 Å². The van der Waals surface area contributed by atoms with E-state index in [1.165, 1.54) is 25.3 Å². The summed E-state index contributed by atoms with van der Waals surface area (Å²) in [7, 11) is 1.36. The van der Waals surface area contributed by atoms with E-state index in [-0.39, 0.29) is 29.9 Å². The van der Waals surface area contributed by atoms with Crippen molar-refractivity contribution >= 4 is 23.1 Å². The van der Waals surface area contributed by atoms with Crippen LogP contribution in [0.15, 0.2) is 30.3 Å². The van der Waals surface area contributed by atoms with Crippen LogP contribution in [-0.4, -0.2) is 45.3 Å². The Kier molecular flexibility index (Phi) is 6.88. The van der Waals surface area contributed by atoms with Crippen LogP contribution in [0, 0.1) is 17.6 Å². The molecule has 9 heteroatoms. The highest BCUT2D eigenvalue weighted by Gasteiger charge is 2.33. The molecule has 37 heavy (non-hydrogen) atoms. The van der Waals surface area contributed by atoms with Crippen molar-refractivity contribution in [1.82, 2.24) is 14.5 Å². The van der Waals surface area contributed by atoms with Crippen molar-refractivity contribution in [1.29, 1.82) is 0 Å². The number of nitrogens with zero attached hydrogens (tertiary/aromatic N) is 3. The number of fused-ring (bicyclic) bond motifs is 3. The number of aromatic nitrogens is 2. The van der Waals surface area contributed by atoms with E-state index >= 15 is 0 Å². The van der Waals surface area contributed by atoms with E-state index in [1.807, 2.05) is 19.1 Å². The number of carboxylic acids is 1. The molecule has 2 heterocycles.